The number of carbonyl (C=O) groups excluding carboxylic acids is 1. The maximum absolute atomic E-state index is 15.1. The number of amides is 1. The van der Waals surface area contributed by atoms with E-state index in [1.54, 1.807) is 0 Å². The third kappa shape index (κ3) is 5.69. The summed E-state index contributed by atoms with van der Waals surface area (Å²) < 4.78 is 20.6. The molecule has 1 aromatic heterocycles. The highest BCUT2D eigenvalue weighted by atomic mass is 35.5. The van der Waals surface area contributed by atoms with Gasteiger partial charge in [-0.05, 0) is 38.4 Å². The zero-order chi connectivity index (χ0) is 23.4. The quantitative estimate of drug-likeness (QED) is 0.471. The highest BCUT2D eigenvalue weighted by molar-refractivity contribution is 6.32. The van der Waals surface area contributed by atoms with E-state index in [2.05, 4.69) is 15.3 Å². The van der Waals surface area contributed by atoms with E-state index in [0.717, 1.165) is 0 Å². The molecule has 32 heavy (non-hydrogen) atoms. The number of aromatic nitrogens is 2. The molecule has 0 aliphatic rings. The van der Waals surface area contributed by atoms with Crippen LogP contribution in [0.4, 0.5) is 4.39 Å². The van der Waals surface area contributed by atoms with E-state index in [-0.39, 0.29) is 50.1 Å². The molecular weight excluding hydrogens is 480 g/mol. The average molecular weight is 497 g/mol. The van der Waals surface area contributed by atoms with Gasteiger partial charge in [-0.15, -0.1) is 0 Å². The summed E-state index contributed by atoms with van der Waals surface area (Å²) in [5, 5.41) is 11.9. The van der Waals surface area contributed by atoms with Crippen molar-refractivity contribution in [2.45, 2.75) is 13.1 Å². The first-order valence-electron chi connectivity index (χ1n) is 9.20. The molecule has 0 spiro atoms. The fourth-order valence-electron chi connectivity index (χ4n) is 2.79. The van der Waals surface area contributed by atoms with Crippen molar-refractivity contribution in [2.75, 3.05) is 14.1 Å². The predicted octanol–water partition coefficient (Wildman–Crippen LogP) is 5.16. The molecule has 0 aliphatic heterocycles. The number of aromatic amines is 1. The molecule has 0 saturated carbocycles. The Balaban J connectivity index is 1.77. The second-order valence-electron chi connectivity index (χ2n) is 7.01. The molecule has 3 rings (SSSR count). The standard InChI is InChI=1S/C21H17Cl3FN5O2/c1-30(2)10-16-28-18(20(24)29-16)21(31)27-9-12-3-4-15(23)19(17(12)25)32-14-6-11(8-26)5-13(22)7-14/h3-7H,9-10H2,1-2H3,(H,27,31)(H,28,29). The van der Waals surface area contributed by atoms with Gasteiger partial charge in [-0.1, -0.05) is 40.9 Å². The van der Waals surface area contributed by atoms with Gasteiger partial charge in [-0.25, -0.2) is 9.37 Å². The molecule has 0 atom stereocenters. The number of rotatable bonds is 7. The van der Waals surface area contributed by atoms with Gasteiger partial charge in [-0.3, -0.25) is 4.79 Å². The molecule has 11 heteroatoms. The number of halogens is 4. The van der Waals surface area contributed by atoms with Gasteiger partial charge in [0.15, 0.2) is 16.7 Å². The number of hydrogen-bond donors (Lipinski definition) is 2. The lowest BCUT2D eigenvalue weighted by molar-refractivity contribution is 0.0946. The Labute approximate surface area is 198 Å². The van der Waals surface area contributed by atoms with Crippen molar-refractivity contribution >= 4 is 40.7 Å². The molecule has 166 valence electrons. The summed E-state index contributed by atoms with van der Waals surface area (Å²) >= 11 is 18.1. The summed E-state index contributed by atoms with van der Waals surface area (Å²) in [7, 11) is 3.70. The summed E-state index contributed by atoms with van der Waals surface area (Å²) in [6.07, 6.45) is 0. The van der Waals surface area contributed by atoms with E-state index in [0.29, 0.717) is 12.4 Å². The SMILES string of the molecule is CN(C)Cc1nc(Cl)c(C(=O)NCc2ccc(Cl)c(Oc3cc(Cl)cc(C#N)c3)c2F)[nH]1. The van der Waals surface area contributed by atoms with Crippen molar-refractivity contribution in [1.82, 2.24) is 20.2 Å². The van der Waals surface area contributed by atoms with Gasteiger partial charge in [0.1, 0.15) is 17.3 Å². The van der Waals surface area contributed by atoms with Crippen molar-refractivity contribution in [2.24, 2.45) is 0 Å². The number of imidazole rings is 1. The molecule has 0 fully saturated rings. The Hall–Kier alpha value is -2.83. The topological polar surface area (TPSA) is 94.0 Å². The lowest BCUT2D eigenvalue weighted by Crippen LogP contribution is -2.24. The average Bonchev–Trinajstić information content (AvgIpc) is 3.09. The molecule has 0 bridgehead atoms. The van der Waals surface area contributed by atoms with Crippen LogP contribution >= 0.6 is 34.8 Å². The number of H-pyrrole nitrogens is 1. The molecule has 0 radical (unpaired) electrons. The van der Waals surface area contributed by atoms with Crippen LogP contribution in [-0.4, -0.2) is 34.9 Å². The predicted molar refractivity (Wildman–Crippen MR) is 120 cm³/mol. The smallest absolute Gasteiger partial charge is 0.271 e. The van der Waals surface area contributed by atoms with Crippen LogP contribution < -0.4 is 10.1 Å². The van der Waals surface area contributed by atoms with Crippen LogP contribution in [0.5, 0.6) is 11.5 Å². The van der Waals surface area contributed by atoms with Crippen LogP contribution in [-0.2, 0) is 13.1 Å². The van der Waals surface area contributed by atoms with Crippen LogP contribution in [0.1, 0.15) is 27.4 Å². The fraction of sp³-hybridized carbons (Fsp3) is 0.190. The first-order chi connectivity index (χ1) is 15.2. The fourth-order valence-corrected chi connectivity index (χ4v) is 3.44. The Morgan fingerprint density at radius 1 is 1.28 bits per heavy atom. The second kappa shape index (κ2) is 10.2. The number of carbonyl (C=O) groups is 1. The maximum atomic E-state index is 15.1. The zero-order valence-electron chi connectivity index (χ0n) is 17.0. The molecule has 2 N–H and O–H groups in total. The molecule has 1 heterocycles. The van der Waals surface area contributed by atoms with Crippen molar-refractivity contribution in [3.8, 4) is 17.6 Å². The lowest BCUT2D eigenvalue weighted by atomic mass is 10.2. The number of nitrogens with zero attached hydrogens (tertiary/aromatic N) is 3. The van der Waals surface area contributed by atoms with E-state index < -0.39 is 11.7 Å². The summed E-state index contributed by atoms with van der Waals surface area (Å²) in [6.45, 7) is 0.312. The largest absolute Gasteiger partial charge is 0.453 e. The number of ether oxygens (including phenoxy) is 1. The Bertz CT molecular complexity index is 1210. The second-order valence-corrected chi connectivity index (χ2v) is 8.21. The monoisotopic (exact) mass is 495 g/mol. The zero-order valence-corrected chi connectivity index (χ0v) is 19.2. The number of nitrogens with one attached hydrogen (secondary N) is 2. The molecule has 1 amide bonds. The Morgan fingerprint density at radius 2 is 2.03 bits per heavy atom. The number of hydrogen-bond acceptors (Lipinski definition) is 5. The molecular formula is C21H17Cl3FN5O2. The van der Waals surface area contributed by atoms with Crippen molar-refractivity contribution in [1.29, 1.82) is 5.26 Å². The minimum absolute atomic E-state index is 0.0148. The molecule has 2 aromatic carbocycles. The third-order valence-electron chi connectivity index (χ3n) is 4.19. The Kier molecular flexibility index (Phi) is 7.59. The molecule has 0 aliphatic carbocycles. The maximum Gasteiger partial charge on any atom is 0.271 e. The van der Waals surface area contributed by atoms with Crippen molar-refractivity contribution in [3.63, 3.8) is 0 Å². The highest BCUT2D eigenvalue weighted by Gasteiger charge is 2.19. The molecule has 3 aromatic rings. The lowest BCUT2D eigenvalue weighted by Gasteiger charge is -2.13. The Morgan fingerprint density at radius 3 is 2.72 bits per heavy atom. The minimum Gasteiger partial charge on any atom is -0.453 e. The molecule has 7 nitrogen and oxygen atoms in total. The molecule has 0 unspecified atom stereocenters. The van der Waals surface area contributed by atoms with Gasteiger partial charge in [0, 0.05) is 17.1 Å². The van der Waals surface area contributed by atoms with Gasteiger partial charge in [0.05, 0.1) is 23.2 Å². The van der Waals surface area contributed by atoms with Gasteiger partial charge in [0.25, 0.3) is 5.91 Å². The van der Waals surface area contributed by atoms with Gasteiger partial charge >= 0.3 is 0 Å². The summed E-state index contributed by atoms with van der Waals surface area (Å²) in [6, 6.07) is 9.09. The van der Waals surface area contributed by atoms with E-state index in [9.17, 15) is 4.79 Å². The van der Waals surface area contributed by atoms with Crippen LogP contribution in [0.25, 0.3) is 0 Å². The van der Waals surface area contributed by atoms with Gasteiger partial charge in [-0.2, -0.15) is 5.26 Å². The highest BCUT2D eigenvalue weighted by Crippen LogP contribution is 2.35. The van der Waals surface area contributed by atoms with Crippen molar-refractivity contribution in [3.05, 3.63) is 74.0 Å². The van der Waals surface area contributed by atoms with E-state index in [1.807, 2.05) is 25.1 Å². The summed E-state index contributed by atoms with van der Waals surface area (Å²) in [4.78, 5) is 21.3. The van der Waals surface area contributed by atoms with E-state index >= 15 is 4.39 Å². The minimum atomic E-state index is -0.764. The first-order valence-corrected chi connectivity index (χ1v) is 10.3. The van der Waals surface area contributed by atoms with Crippen LogP contribution in [0.3, 0.4) is 0 Å². The summed E-state index contributed by atoms with van der Waals surface area (Å²) in [5.41, 5.74) is 0.458. The van der Waals surface area contributed by atoms with E-state index in [4.69, 9.17) is 44.8 Å². The number of nitriles is 1. The van der Waals surface area contributed by atoms with Gasteiger partial charge < -0.3 is 19.9 Å². The van der Waals surface area contributed by atoms with Crippen LogP contribution in [0, 0.1) is 17.1 Å². The normalized spacial score (nSPS) is 10.8. The third-order valence-corrected chi connectivity index (χ3v) is 4.98. The van der Waals surface area contributed by atoms with Crippen LogP contribution in [0.15, 0.2) is 30.3 Å². The first kappa shape index (κ1) is 23.8. The van der Waals surface area contributed by atoms with Crippen LogP contribution in [0.2, 0.25) is 15.2 Å². The van der Waals surface area contributed by atoms with Gasteiger partial charge in [0.2, 0.25) is 0 Å². The van der Waals surface area contributed by atoms with E-state index in [1.165, 1.54) is 30.3 Å². The number of benzene rings is 2. The molecule has 0 saturated heterocycles. The summed E-state index contributed by atoms with van der Waals surface area (Å²) in [5.74, 6) is -0.888. The van der Waals surface area contributed by atoms with Crippen molar-refractivity contribution < 1.29 is 13.9 Å².